The summed E-state index contributed by atoms with van der Waals surface area (Å²) in [5.41, 5.74) is 1.76. The fourth-order valence-electron chi connectivity index (χ4n) is 2.59. The van der Waals surface area contributed by atoms with Crippen LogP contribution >= 0.6 is 0 Å². The van der Waals surface area contributed by atoms with Gasteiger partial charge >= 0.3 is 5.97 Å². The highest BCUT2D eigenvalue weighted by atomic mass is 16.5. The molecule has 1 aliphatic rings. The summed E-state index contributed by atoms with van der Waals surface area (Å²) in [4.78, 5) is 11.4. The van der Waals surface area contributed by atoms with E-state index in [4.69, 9.17) is 14.7 Å². The maximum absolute atomic E-state index is 11.4. The third-order valence-electron chi connectivity index (χ3n) is 3.97. The van der Waals surface area contributed by atoms with Crippen LogP contribution in [-0.2, 0) is 11.2 Å². The molecule has 0 spiro atoms. The van der Waals surface area contributed by atoms with Crippen LogP contribution in [0.3, 0.4) is 0 Å². The van der Waals surface area contributed by atoms with Gasteiger partial charge in [0.2, 0.25) is 0 Å². The lowest BCUT2D eigenvalue weighted by Crippen LogP contribution is -2.38. The van der Waals surface area contributed by atoms with Gasteiger partial charge in [-0.25, -0.2) is 4.79 Å². The number of carbonyl (C=O) groups is 1. The first kappa shape index (κ1) is 15.9. The quantitative estimate of drug-likeness (QED) is 0.933. The van der Waals surface area contributed by atoms with E-state index >= 15 is 0 Å². The summed E-state index contributed by atoms with van der Waals surface area (Å²) in [6.45, 7) is 3.59. The second-order valence-corrected chi connectivity index (χ2v) is 6.16. The molecule has 122 valence electrons. The molecular weight excluding hydrogens is 306 g/mol. The summed E-state index contributed by atoms with van der Waals surface area (Å²) in [6, 6.07) is 13.0. The van der Waals surface area contributed by atoms with Crippen LogP contribution in [0.1, 0.15) is 25.0 Å². The molecule has 0 atom stereocenters. The molecule has 0 aromatic heterocycles. The molecule has 1 heterocycles. The number of carboxylic acids is 1. The molecule has 5 heteroatoms. The van der Waals surface area contributed by atoms with Crippen molar-refractivity contribution in [1.82, 2.24) is 0 Å². The number of nitriles is 1. The Labute approximate surface area is 140 Å². The fourth-order valence-corrected chi connectivity index (χ4v) is 2.59. The van der Waals surface area contributed by atoms with Crippen molar-refractivity contribution in [2.24, 2.45) is 0 Å². The average Bonchev–Trinajstić information content (AvgIpc) is 3.01. The summed E-state index contributed by atoms with van der Waals surface area (Å²) < 4.78 is 11.4. The Hall–Kier alpha value is -3.00. The second kappa shape index (κ2) is 5.89. The Bertz CT molecular complexity index is 849. The molecular formula is C19H17NO4. The highest BCUT2D eigenvalue weighted by Gasteiger charge is 2.31. The van der Waals surface area contributed by atoms with Gasteiger partial charge in [0.1, 0.15) is 11.5 Å². The molecule has 1 N–H and O–H groups in total. The smallest absolute Gasteiger partial charge is 0.347 e. The molecule has 0 bridgehead atoms. The van der Waals surface area contributed by atoms with E-state index in [-0.39, 0.29) is 0 Å². The van der Waals surface area contributed by atoms with E-state index < -0.39 is 11.6 Å². The van der Waals surface area contributed by atoms with Crippen LogP contribution in [0, 0.1) is 11.3 Å². The van der Waals surface area contributed by atoms with Crippen LogP contribution in [0.5, 0.6) is 11.5 Å². The highest BCUT2D eigenvalue weighted by Crippen LogP contribution is 2.40. The summed E-state index contributed by atoms with van der Waals surface area (Å²) in [6.07, 6.45) is 0.795. The van der Waals surface area contributed by atoms with Crippen molar-refractivity contribution >= 4 is 5.97 Å². The Balaban J connectivity index is 2.13. The number of benzene rings is 2. The molecule has 0 aliphatic carbocycles. The van der Waals surface area contributed by atoms with Crippen molar-refractivity contribution < 1.29 is 19.4 Å². The van der Waals surface area contributed by atoms with Crippen LogP contribution in [0.15, 0.2) is 36.4 Å². The molecule has 24 heavy (non-hydrogen) atoms. The van der Waals surface area contributed by atoms with Gasteiger partial charge in [-0.3, -0.25) is 0 Å². The minimum atomic E-state index is -1.38. The van der Waals surface area contributed by atoms with Crippen molar-refractivity contribution in [2.75, 3.05) is 6.61 Å². The average molecular weight is 323 g/mol. The lowest BCUT2D eigenvalue weighted by Gasteiger charge is -2.24. The van der Waals surface area contributed by atoms with Crippen LogP contribution in [0.25, 0.3) is 11.1 Å². The van der Waals surface area contributed by atoms with E-state index in [0.29, 0.717) is 23.7 Å². The van der Waals surface area contributed by atoms with Crippen molar-refractivity contribution in [1.29, 1.82) is 5.26 Å². The number of hydrogen-bond donors (Lipinski definition) is 1. The van der Waals surface area contributed by atoms with Gasteiger partial charge in [0.25, 0.3) is 0 Å². The van der Waals surface area contributed by atoms with Crippen molar-refractivity contribution in [3.8, 4) is 28.7 Å². The Morgan fingerprint density at radius 2 is 2.12 bits per heavy atom. The van der Waals surface area contributed by atoms with Crippen LogP contribution < -0.4 is 9.47 Å². The number of rotatable bonds is 4. The maximum atomic E-state index is 11.4. The maximum Gasteiger partial charge on any atom is 0.347 e. The van der Waals surface area contributed by atoms with Gasteiger partial charge in [-0.15, -0.1) is 0 Å². The predicted molar refractivity (Wildman–Crippen MR) is 88.1 cm³/mol. The highest BCUT2D eigenvalue weighted by molar-refractivity contribution is 5.79. The van der Waals surface area contributed by atoms with Gasteiger partial charge in [0.15, 0.2) is 5.60 Å². The summed E-state index contributed by atoms with van der Waals surface area (Å²) in [5, 5.41) is 18.5. The largest absolute Gasteiger partial charge is 0.493 e. The van der Waals surface area contributed by atoms with E-state index in [1.165, 1.54) is 13.8 Å². The summed E-state index contributed by atoms with van der Waals surface area (Å²) in [7, 11) is 0. The zero-order chi connectivity index (χ0) is 17.3. The van der Waals surface area contributed by atoms with Gasteiger partial charge in [0.05, 0.1) is 18.2 Å². The number of fused-ring (bicyclic) bond motifs is 1. The molecule has 0 unspecified atom stereocenters. The summed E-state index contributed by atoms with van der Waals surface area (Å²) in [5.74, 6) is 0.0881. The van der Waals surface area contributed by atoms with Crippen molar-refractivity contribution in [3.63, 3.8) is 0 Å². The third-order valence-corrected chi connectivity index (χ3v) is 3.97. The van der Waals surface area contributed by atoms with Gasteiger partial charge in [-0.05, 0) is 43.2 Å². The molecule has 2 aromatic carbocycles. The van der Waals surface area contributed by atoms with Crippen LogP contribution in [-0.4, -0.2) is 23.3 Å². The third kappa shape index (κ3) is 2.91. The molecule has 0 saturated carbocycles. The number of hydrogen-bond acceptors (Lipinski definition) is 4. The fraction of sp³-hybridized carbons (Fsp3) is 0.263. The van der Waals surface area contributed by atoms with Crippen LogP contribution in [0.4, 0.5) is 0 Å². The number of ether oxygens (including phenoxy) is 2. The van der Waals surface area contributed by atoms with E-state index in [9.17, 15) is 9.90 Å². The Morgan fingerprint density at radius 3 is 2.83 bits per heavy atom. The predicted octanol–water partition coefficient (Wildman–Crippen LogP) is 3.40. The van der Waals surface area contributed by atoms with Crippen LogP contribution in [0.2, 0.25) is 0 Å². The molecule has 0 fully saturated rings. The first-order valence-electron chi connectivity index (χ1n) is 7.63. The minimum absolute atomic E-state index is 0.429. The van der Waals surface area contributed by atoms with E-state index in [2.05, 4.69) is 6.07 Å². The second-order valence-electron chi connectivity index (χ2n) is 6.16. The monoisotopic (exact) mass is 323 g/mol. The zero-order valence-electron chi connectivity index (χ0n) is 13.5. The zero-order valence-corrected chi connectivity index (χ0v) is 13.5. The molecule has 5 nitrogen and oxygen atoms in total. The number of carboxylic acid groups (broad SMARTS) is 1. The molecule has 0 radical (unpaired) electrons. The van der Waals surface area contributed by atoms with E-state index in [1.54, 1.807) is 24.3 Å². The molecule has 0 amide bonds. The molecule has 1 aliphatic heterocycles. The molecule has 2 aromatic rings. The Kier molecular flexibility index (Phi) is 3.90. The van der Waals surface area contributed by atoms with Crippen molar-refractivity contribution in [2.45, 2.75) is 25.9 Å². The lowest BCUT2D eigenvalue weighted by atomic mass is 9.98. The lowest BCUT2D eigenvalue weighted by molar-refractivity contribution is -0.152. The van der Waals surface area contributed by atoms with E-state index in [0.717, 1.165) is 23.1 Å². The number of nitrogens with zero attached hydrogens (tertiary/aromatic N) is 1. The molecule has 0 saturated heterocycles. The van der Waals surface area contributed by atoms with E-state index in [1.807, 2.05) is 12.1 Å². The number of aliphatic carboxylic acids is 1. The standard InChI is InChI=1S/C19H17NO4/c1-19(2,18(21)22)24-17-10-16-14(6-7-23-16)9-15(17)13-5-3-4-12(8-13)11-20/h3-5,8-10H,6-7H2,1-2H3,(H,21,22). The summed E-state index contributed by atoms with van der Waals surface area (Å²) >= 11 is 0. The van der Waals surface area contributed by atoms with Gasteiger partial charge in [0, 0.05) is 18.1 Å². The van der Waals surface area contributed by atoms with Gasteiger partial charge in [-0.2, -0.15) is 5.26 Å². The topological polar surface area (TPSA) is 79.5 Å². The van der Waals surface area contributed by atoms with Gasteiger partial charge < -0.3 is 14.6 Å². The van der Waals surface area contributed by atoms with Crippen molar-refractivity contribution in [3.05, 3.63) is 47.5 Å². The molecule has 3 rings (SSSR count). The first-order valence-corrected chi connectivity index (χ1v) is 7.63. The normalized spacial score (nSPS) is 12.9. The minimum Gasteiger partial charge on any atom is -0.493 e. The van der Waals surface area contributed by atoms with Gasteiger partial charge in [-0.1, -0.05) is 12.1 Å². The SMILES string of the molecule is CC(C)(Oc1cc2c(cc1-c1cccc(C#N)c1)CCO2)C(=O)O. The Morgan fingerprint density at radius 1 is 1.33 bits per heavy atom. The first-order chi connectivity index (χ1) is 11.4.